The van der Waals surface area contributed by atoms with Gasteiger partial charge in [-0.2, -0.15) is 8.78 Å². The van der Waals surface area contributed by atoms with Gasteiger partial charge in [0, 0.05) is 19.3 Å². The number of sulfone groups is 1. The Labute approximate surface area is 238 Å². The van der Waals surface area contributed by atoms with Gasteiger partial charge in [-0.25, -0.2) is 26.4 Å². The van der Waals surface area contributed by atoms with Crippen molar-refractivity contribution < 1.29 is 39.9 Å². The Kier molecular flexibility index (Phi) is 7.98. The SMILES string of the molecule is CS(=O)(=O)C(=C1CN(C(c2ccccc2)c2ccccc2)C1)c1cccc(C(=O)Oc2c(F)c(F)c(F)c(F)c2F)c1. The normalized spacial score (nSPS) is 13.6. The first-order chi connectivity index (χ1) is 20.0. The Hall–Kier alpha value is -4.35. The van der Waals surface area contributed by atoms with Crippen LogP contribution in [0.25, 0.3) is 4.91 Å². The predicted octanol–water partition coefficient (Wildman–Crippen LogP) is 6.46. The third kappa shape index (κ3) is 5.57. The van der Waals surface area contributed by atoms with E-state index in [-0.39, 0.29) is 35.2 Å². The molecule has 1 saturated heterocycles. The van der Waals surface area contributed by atoms with Crippen LogP contribution >= 0.6 is 0 Å². The summed E-state index contributed by atoms with van der Waals surface area (Å²) >= 11 is 0. The molecule has 42 heavy (non-hydrogen) atoms. The van der Waals surface area contributed by atoms with Crippen LogP contribution in [0.3, 0.4) is 0 Å². The highest BCUT2D eigenvalue weighted by Gasteiger charge is 2.35. The summed E-state index contributed by atoms with van der Waals surface area (Å²) in [7, 11) is -3.85. The number of ether oxygens (including phenoxy) is 1. The molecular weight excluding hydrogens is 577 g/mol. The minimum Gasteiger partial charge on any atom is -0.416 e. The molecular formula is C31H22F5NO4S. The molecule has 0 atom stereocenters. The molecule has 4 aromatic carbocycles. The van der Waals surface area contributed by atoms with Gasteiger partial charge in [-0.15, -0.1) is 0 Å². The number of carbonyl (C=O) groups is 1. The van der Waals surface area contributed by atoms with E-state index in [0.717, 1.165) is 29.5 Å². The monoisotopic (exact) mass is 599 g/mol. The van der Waals surface area contributed by atoms with E-state index in [0.29, 0.717) is 5.57 Å². The molecule has 1 aliphatic rings. The molecule has 1 heterocycles. The van der Waals surface area contributed by atoms with Crippen molar-refractivity contribution in [1.82, 2.24) is 4.90 Å². The fourth-order valence-electron chi connectivity index (χ4n) is 4.95. The molecule has 0 saturated carbocycles. The van der Waals surface area contributed by atoms with Crippen LogP contribution < -0.4 is 4.74 Å². The van der Waals surface area contributed by atoms with Crippen LogP contribution in [0, 0.1) is 29.1 Å². The fourth-order valence-corrected chi connectivity index (χ4v) is 6.16. The van der Waals surface area contributed by atoms with Gasteiger partial charge >= 0.3 is 5.97 Å². The Morgan fingerprint density at radius 2 is 1.19 bits per heavy atom. The lowest BCUT2D eigenvalue weighted by molar-refractivity contribution is 0.0716. The molecule has 216 valence electrons. The summed E-state index contributed by atoms with van der Waals surface area (Å²) in [6, 6.07) is 24.3. The van der Waals surface area contributed by atoms with Gasteiger partial charge in [-0.3, -0.25) is 4.90 Å². The van der Waals surface area contributed by atoms with Crippen LogP contribution in [-0.4, -0.2) is 38.6 Å². The maximum atomic E-state index is 14.1. The third-order valence-electron chi connectivity index (χ3n) is 6.80. The summed E-state index contributed by atoms with van der Waals surface area (Å²) < 4.78 is 99.0. The summed E-state index contributed by atoms with van der Waals surface area (Å²) in [5, 5.41) is 0. The number of halogens is 5. The summed E-state index contributed by atoms with van der Waals surface area (Å²) in [5.41, 5.74) is 2.35. The second kappa shape index (κ2) is 11.5. The summed E-state index contributed by atoms with van der Waals surface area (Å²) in [5.74, 6) is -14.8. The van der Waals surface area contributed by atoms with Gasteiger partial charge in [-0.05, 0) is 34.4 Å². The Morgan fingerprint density at radius 1 is 0.714 bits per heavy atom. The highest BCUT2D eigenvalue weighted by atomic mass is 32.2. The number of esters is 1. The number of likely N-dealkylation sites (tertiary alicyclic amines) is 1. The highest BCUT2D eigenvalue weighted by molar-refractivity contribution is 8.00. The van der Waals surface area contributed by atoms with Crippen molar-refractivity contribution in [3.8, 4) is 5.75 Å². The summed E-state index contributed by atoms with van der Waals surface area (Å²) in [6.07, 6.45) is 1.02. The average molecular weight is 600 g/mol. The molecule has 0 spiro atoms. The lowest BCUT2D eigenvalue weighted by Crippen LogP contribution is -2.44. The summed E-state index contributed by atoms with van der Waals surface area (Å²) in [6.45, 7) is 0.576. The van der Waals surface area contributed by atoms with E-state index in [1.165, 1.54) is 12.1 Å². The predicted molar refractivity (Wildman–Crippen MR) is 146 cm³/mol. The largest absolute Gasteiger partial charge is 0.416 e. The molecule has 0 aliphatic carbocycles. The van der Waals surface area contributed by atoms with Crippen LogP contribution in [0.1, 0.15) is 33.1 Å². The molecule has 0 radical (unpaired) electrons. The Balaban J connectivity index is 1.47. The van der Waals surface area contributed by atoms with Crippen molar-refractivity contribution in [2.45, 2.75) is 6.04 Å². The molecule has 5 rings (SSSR count). The first kappa shape index (κ1) is 29.2. The molecule has 5 nitrogen and oxygen atoms in total. The number of hydrogen-bond donors (Lipinski definition) is 0. The van der Waals surface area contributed by atoms with Crippen LogP contribution in [0.2, 0.25) is 0 Å². The third-order valence-corrected chi connectivity index (χ3v) is 8.07. The van der Waals surface area contributed by atoms with Crippen molar-refractivity contribution in [3.63, 3.8) is 0 Å². The molecule has 4 aromatic rings. The second-order valence-corrected chi connectivity index (χ2v) is 11.7. The molecule has 0 amide bonds. The van der Waals surface area contributed by atoms with Gasteiger partial charge < -0.3 is 4.74 Å². The molecule has 0 bridgehead atoms. The van der Waals surface area contributed by atoms with E-state index < -0.39 is 50.6 Å². The maximum absolute atomic E-state index is 14.1. The molecule has 1 aliphatic heterocycles. The number of rotatable bonds is 7. The summed E-state index contributed by atoms with van der Waals surface area (Å²) in [4.78, 5) is 14.7. The van der Waals surface area contributed by atoms with E-state index in [2.05, 4.69) is 9.64 Å². The van der Waals surface area contributed by atoms with Crippen LogP contribution in [0.4, 0.5) is 22.0 Å². The van der Waals surface area contributed by atoms with Gasteiger partial charge in [0.05, 0.1) is 16.5 Å². The fraction of sp³-hybridized carbons (Fsp3) is 0.129. The van der Waals surface area contributed by atoms with Crippen LogP contribution in [0.5, 0.6) is 5.75 Å². The average Bonchev–Trinajstić information content (AvgIpc) is 2.96. The second-order valence-electron chi connectivity index (χ2n) is 9.70. The van der Waals surface area contributed by atoms with E-state index in [1.807, 2.05) is 60.7 Å². The Bertz CT molecular complexity index is 1740. The smallest absolute Gasteiger partial charge is 0.343 e. The standard InChI is InChI=1S/C31H22F5NO4S/c1-42(39,40)30(22-16-37(17-22)28(18-9-4-2-5-10-18)19-11-6-3-7-12-19)20-13-8-14-21(15-20)31(38)41-29-26(35)24(33)23(32)25(34)27(29)36/h2-15,28H,16-17H2,1H3. The van der Waals surface area contributed by atoms with E-state index in [4.69, 9.17) is 0 Å². The van der Waals surface area contributed by atoms with Crippen molar-refractivity contribution in [3.05, 3.63) is 142 Å². The van der Waals surface area contributed by atoms with E-state index in [9.17, 15) is 35.2 Å². The van der Waals surface area contributed by atoms with Crippen molar-refractivity contribution in [2.75, 3.05) is 19.3 Å². The lowest BCUT2D eigenvalue weighted by Gasteiger charge is -2.42. The number of nitrogens with zero attached hydrogens (tertiary/aromatic N) is 1. The first-order valence-corrected chi connectivity index (χ1v) is 14.5. The van der Waals surface area contributed by atoms with Gasteiger partial charge in [0.15, 0.2) is 9.84 Å². The van der Waals surface area contributed by atoms with Crippen LogP contribution in [-0.2, 0) is 9.84 Å². The topological polar surface area (TPSA) is 63.7 Å². The van der Waals surface area contributed by atoms with Gasteiger partial charge in [0.2, 0.25) is 34.8 Å². The zero-order chi connectivity index (χ0) is 30.2. The van der Waals surface area contributed by atoms with E-state index in [1.54, 1.807) is 0 Å². The quantitative estimate of drug-likeness (QED) is 0.0802. The van der Waals surface area contributed by atoms with Crippen molar-refractivity contribution in [1.29, 1.82) is 0 Å². The van der Waals surface area contributed by atoms with Gasteiger partial charge in [0.1, 0.15) is 0 Å². The minimum atomic E-state index is -3.85. The van der Waals surface area contributed by atoms with E-state index >= 15 is 0 Å². The molecule has 1 fully saturated rings. The number of benzene rings is 4. The molecule has 0 N–H and O–H groups in total. The lowest BCUT2D eigenvalue weighted by atomic mass is 9.92. The van der Waals surface area contributed by atoms with Gasteiger partial charge in [0.25, 0.3) is 0 Å². The van der Waals surface area contributed by atoms with Crippen molar-refractivity contribution >= 4 is 20.7 Å². The highest BCUT2D eigenvalue weighted by Crippen LogP contribution is 2.38. The first-order valence-electron chi connectivity index (χ1n) is 12.6. The molecule has 0 unspecified atom stereocenters. The number of carbonyl (C=O) groups excluding carboxylic acids is 1. The molecule has 0 aromatic heterocycles. The van der Waals surface area contributed by atoms with Crippen molar-refractivity contribution in [2.24, 2.45) is 0 Å². The number of hydrogen-bond acceptors (Lipinski definition) is 5. The zero-order valence-corrected chi connectivity index (χ0v) is 22.8. The Morgan fingerprint density at radius 3 is 1.69 bits per heavy atom. The maximum Gasteiger partial charge on any atom is 0.343 e. The van der Waals surface area contributed by atoms with Crippen LogP contribution in [0.15, 0.2) is 90.5 Å². The minimum absolute atomic E-state index is 0.0375. The zero-order valence-electron chi connectivity index (χ0n) is 22.0. The molecule has 11 heteroatoms. The van der Waals surface area contributed by atoms with Gasteiger partial charge in [-0.1, -0.05) is 72.8 Å².